The molecule has 0 atom stereocenters. The fourth-order valence-electron chi connectivity index (χ4n) is 1.43. The molecule has 1 aromatic heterocycles. The van der Waals surface area contributed by atoms with E-state index < -0.39 is 5.82 Å². The van der Waals surface area contributed by atoms with E-state index in [4.69, 9.17) is 23.2 Å². The summed E-state index contributed by atoms with van der Waals surface area (Å²) in [5, 5.41) is 3.44. The number of halogens is 3. The molecule has 6 heteroatoms. The third-order valence-corrected chi connectivity index (χ3v) is 3.06. The van der Waals surface area contributed by atoms with Crippen molar-refractivity contribution >= 4 is 34.7 Å². The molecule has 0 radical (unpaired) electrons. The third kappa shape index (κ3) is 2.71. The van der Waals surface area contributed by atoms with Crippen LogP contribution in [0.25, 0.3) is 0 Å². The first-order valence-electron chi connectivity index (χ1n) is 5.20. The van der Waals surface area contributed by atoms with E-state index in [0.29, 0.717) is 28.0 Å². The van der Waals surface area contributed by atoms with Crippen LogP contribution in [0.2, 0.25) is 10.2 Å². The maximum atomic E-state index is 13.3. The topological polar surface area (TPSA) is 37.8 Å². The van der Waals surface area contributed by atoms with Gasteiger partial charge in [0, 0.05) is 11.3 Å². The SMILES string of the molecule is Cc1nc(Cl)c(C)c(Nc2ccc(Cl)c(F)c2)n1. The summed E-state index contributed by atoms with van der Waals surface area (Å²) >= 11 is 11.6. The van der Waals surface area contributed by atoms with Crippen molar-refractivity contribution in [3.63, 3.8) is 0 Å². The molecule has 0 saturated heterocycles. The van der Waals surface area contributed by atoms with Crippen LogP contribution in [0.1, 0.15) is 11.4 Å². The van der Waals surface area contributed by atoms with Gasteiger partial charge in [-0.25, -0.2) is 14.4 Å². The summed E-state index contributed by atoms with van der Waals surface area (Å²) in [7, 11) is 0. The van der Waals surface area contributed by atoms with Crippen LogP contribution in [0.3, 0.4) is 0 Å². The predicted octanol–water partition coefficient (Wildman–Crippen LogP) is 4.28. The minimum Gasteiger partial charge on any atom is -0.340 e. The molecule has 0 aliphatic carbocycles. The van der Waals surface area contributed by atoms with E-state index in [1.165, 1.54) is 12.1 Å². The maximum Gasteiger partial charge on any atom is 0.143 e. The van der Waals surface area contributed by atoms with Gasteiger partial charge in [-0.1, -0.05) is 23.2 Å². The van der Waals surface area contributed by atoms with Gasteiger partial charge in [0.15, 0.2) is 0 Å². The Bertz CT molecular complexity index is 602. The lowest BCUT2D eigenvalue weighted by atomic mass is 10.3. The summed E-state index contributed by atoms with van der Waals surface area (Å²) < 4.78 is 13.3. The standard InChI is InChI=1S/C12H10Cl2FN3/c1-6-11(14)16-7(2)17-12(6)18-8-3-4-9(13)10(15)5-8/h3-5H,1-2H3,(H,16,17,18). The van der Waals surface area contributed by atoms with Crippen molar-refractivity contribution in [1.29, 1.82) is 0 Å². The molecule has 0 aliphatic rings. The molecular formula is C12H10Cl2FN3. The monoisotopic (exact) mass is 285 g/mol. The second-order valence-electron chi connectivity index (χ2n) is 3.79. The fraction of sp³-hybridized carbons (Fsp3) is 0.167. The van der Waals surface area contributed by atoms with Crippen molar-refractivity contribution in [2.45, 2.75) is 13.8 Å². The zero-order valence-electron chi connectivity index (χ0n) is 9.76. The summed E-state index contributed by atoms with van der Waals surface area (Å²) in [5.74, 6) is 0.605. The van der Waals surface area contributed by atoms with Gasteiger partial charge in [0.25, 0.3) is 0 Å². The van der Waals surface area contributed by atoms with Crippen molar-refractivity contribution in [3.05, 3.63) is 45.6 Å². The van der Waals surface area contributed by atoms with E-state index in [-0.39, 0.29) is 5.02 Å². The Labute approximate surface area is 114 Å². The van der Waals surface area contributed by atoms with Gasteiger partial charge in [-0.15, -0.1) is 0 Å². The first-order chi connectivity index (χ1) is 8.47. The van der Waals surface area contributed by atoms with Gasteiger partial charge in [-0.3, -0.25) is 0 Å². The Balaban J connectivity index is 2.36. The third-order valence-electron chi connectivity index (χ3n) is 2.38. The second kappa shape index (κ2) is 5.08. The van der Waals surface area contributed by atoms with Crippen LogP contribution >= 0.6 is 23.2 Å². The number of rotatable bonds is 2. The van der Waals surface area contributed by atoms with Gasteiger partial charge in [-0.05, 0) is 32.0 Å². The Morgan fingerprint density at radius 3 is 2.56 bits per heavy atom. The molecule has 1 heterocycles. The van der Waals surface area contributed by atoms with Gasteiger partial charge in [-0.2, -0.15) is 0 Å². The minimum absolute atomic E-state index is 0.0779. The highest BCUT2D eigenvalue weighted by Gasteiger charge is 2.08. The molecule has 0 aliphatic heterocycles. The van der Waals surface area contributed by atoms with Crippen molar-refractivity contribution < 1.29 is 4.39 Å². The Kier molecular flexibility index (Phi) is 3.68. The Morgan fingerprint density at radius 1 is 1.17 bits per heavy atom. The van der Waals surface area contributed by atoms with E-state index in [9.17, 15) is 4.39 Å². The zero-order chi connectivity index (χ0) is 13.3. The highest BCUT2D eigenvalue weighted by molar-refractivity contribution is 6.31. The highest BCUT2D eigenvalue weighted by atomic mass is 35.5. The zero-order valence-corrected chi connectivity index (χ0v) is 11.3. The van der Waals surface area contributed by atoms with Crippen LogP contribution in [0, 0.1) is 19.7 Å². The van der Waals surface area contributed by atoms with Crippen LogP contribution in [-0.2, 0) is 0 Å². The predicted molar refractivity (Wildman–Crippen MR) is 71.2 cm³/mol. The van der Waals surface area contributed by atoms with Crippen LogP contribution in [-0.4, -0.2) is 9.97 Å². The second-order valence-corrected chi connectivity index (χ2v) is 4.55. The number of benzene rings is 1. The molecule has 94 valence electrons. The molecule has 3 nitrogen and oxygen atoms in total. The molecule has 1 aromatic carbocycles. The molecule has 0 saturated carbocycles. The molecule has 0 spiro atoms. The Morgan fingerprint density at radius 2 is 1.89 bits per heavy atom. The molecule has 18 heavy (non-hydrogen) atoms. The van der Waals surface area contributed by atoms with Crippen LogP contribution in [0.15, 0.2) is 18.2 Å². The maximum absolute atomic E-state index is 13.3. The first-order valence-corrected chi connectivity index (χ1v) is 5.96. The van der Waals surface area contributed by atoms with Gasteiger partial charge in [0.1, 0.15) is 22.6 Å². The lowest BCUT2D eigenvalue weighted by Crippen LogP contribution is -2.01. The number of nitrogens with one attached hydrogen (secondary N) is 1. The smallest absolute Gasteiger partial charge is 0.143 e. The van der Waals surface area contributed by atoms with Gasteiger partial charge >= 0.3 is 0 Å². The summed E-state index contributed by atoms with van der Waals surface area (Å²) in [4.78, 5) is 8.25. The normalized spacial score (nSPS) is 10.5. The van der Waals surface area contributed by atoms with Crippen molar-refractivity contribution in [2.75, 3.05) is 5.32 Å². The van der Waals surface area contributed by atoms with Crippen LogP contribution in [0.5, 0.6) is 0 Å². The van der Waals surface area contributed by atoms with E-state index >= 15 is 0 Å². The molecule has 0 amide bonds. The number of anilines is 2. The summed E-state index contributed by atoms with van der Waals surface area (Å²) in [5.41, 5.74) is 1.26. The quantitative estimate of drug-likeness (QED) is 0.837. The summed E-state index contributed by atoms with van der Waals surface area (Å²) in [6.45, 7) is 3.52. The van der Waals surface area contributed by atoms with Crippen LogP contribution < -0.4 is 5.32 Å². The number of aromatic nitrogens is 2. The molecule has 0 fully saturated rings. The van der Waals surface area contributed by atoms with E-state index in [2.05, 4.69) is 15.3 Å². The highest BCUT2D eigenvalue weighted by Crippen LogP contribution is 2.25. The average molecular weight is 286 g/mol. The minimum atomic E-state index is -0.490. The number of hydrogen-bond acceptors (Lipinski definition) is 3. The lowest BCUT2D eigenvalue weighted by Gasteiger charge is -2.10. The molecule has 2 aromatic rings. The van der Waals surface area contributed by atoms with Crippen molar-refractivity contribution in [3.8, 4) is 0 Å². The summed E-state index contributed by atoms with van der Waals surface area (Å²) in [6, 6.07) is 4.44. The van der Waals surface area contributed by atoms with E-state index in [1.54, 1.807) is 19.9 Å². The van der Waals surface area contributed by atoms with Gasteiger partial charge in [0.05, 0.1) is 5.02 Å². The molecule has 1 N–H and O–H groups in total. The fourth-order valence-corrected chi connectivity index (χ4v) is 1.76. The first kappa shape index (κ1) is 13.1. The van der Waals surface area contributed by atoms with Crippen molar-refractivity contribution in [1.82, 2.24) is 9.97 Å². The number of nitrogens with zero attached hydrogens (tertiary/aromatic N) is 2. The number of aryl methyl sites for hydroxylation is 1. The lowest BCUT2D eigenvalue weighted by molar-refractivity contribution is 0.629. The largest absolute Gasteiger partial charge is 0.340 e. The Hall–Kier alpha value is -1.39. The average Bonchev–Trinajstić information content (AvgIpc) is 2.30. The molecular weight excluding hydrogens is 276 g/mol. The van der Waals surface area contributed by atoms with Crippen molar-refractivity contribution in [2.24, 2.45) is 0 Å². The van der Waals surface area contributed by atoms with E-state index in [1.807, 2.05) is 0 Å². The summed E-state index contributed by atoms with van der Waals surface area (Å²) in [6.07, 6.45) is 0. The molecule has 2 rings (SSSR count). The molecule has 0 bridgehead atoms. The van der Waals surface area contributed by atoms with Crippen LogP contribution in [0.4, 0.5) is 15.9 Å². The molecule has 0 unspecified atom stereocenters. The number of hydrogen-bond donors (Lipinski definition) is 1. The van der Waals surface area contributed by atoms with Gasteiger partial charge in [0.2, 0.25) is 0 Å². The van der Waals surface area contributed by atoms with Gasteiger partial charge < -0.3 is 5.32 Å². The van der Waals surface area contributed by atoms with E-state index in [0.717, 1.165) is 0 Å².